The Balaban J connectivity index is 1.43. The molecule has 26 heavy (non-hydrogen) atoms. The molecule has 1 atom stereocenters. The molecule has 4 rings (SSSR count). The number of rotatable bonds is 4. The molecular formula is C20H23N3O3. The second-order valence-corrected chi connectivity index (χ2v) is 7.32. The highest BCUT2D eigenvalue weighted by molar-refractivity contribution is 5.93. The number of nitrogens with zero attached hydrogens (tertiary/aromatic N) is 2. The number of benzene rings is 1. The molecule has 136 valence electrons. The molecule has 1 aliphatic carbocycles. The zero-order valence-corrected chi connectivity index (χ0v) is 14.9. The molecule has 2 heterocycles. The largest absolute Gasteiger partial charge is 0.355 e. The van der Waals surface area contributed by atoms with Gasteiger partial charge in [-0.3, -0.25) is 9.59 Å². The number of hydrogen-bond acceptors (Lipinski definition) is 4. The Bertz CT molecular complexity index is 808. The number of hydrogen-bond donors (Lipinski definition) is 1. The summed E-state index contributed by atoms with van der Waals surface area (Å²) in [5.41, 5.74) is 2.35. The number of aromatic nitrogens is 1. The minimum atomic E-state index is -0.170. The molecule has 0 unspecified atom stereocenters. The summed E-state index contributed by atoms with van der Waals surface area (Å²) in [4.78, 5) is 26.8. The van der Waals surface area contributed by atoms with Gasteiger partial charge in [0.15, 0.2) is 11.5 Å². The van der Waals surface area contributed by atoms with Crippen LogP contribution < -0.4 is 5.32 Å². The van der Waals surface area contributed by atoms with Gasteiger partial charge in [-0.2, -0.15) is 0 Å². The first-order chi connectivity index (χ1) is 12.6. The van der Waals surface area contributed by atoms with E-state index in [1.807, 2.05) is 31.2 Å². The van der Waals surface area contributed by atoms with Crippen molar-refractivity contribution in [3.05, 3.63) is 41.6 Å². The molecule has 2 amide bonds. The molecule has 1 aromatic heterocycles. The van der Waals surface area contributed by atoms with Crippen LogP contribution in [-0.2, 0) is 4.79 Å². The van der Waals surface area contributed by atoms with E-state index in [-0.39, 0.29) is 17.7 Å². The van der Waals surface area contributed by atoms with E-state index in [4.69, 9.17) is 4.52 Å². The van der Waals surface area contributed by atoms with E-state index in [1.165, 1.54) is 0 Å². The third-order valence-electron chi connectivity index (χ3n) is 5.07. The SMILES string of the molecule is Cc1ccc(-c2cc(C(=O)N3CCC[C@H](C(=O)NC4CC4)C3)no2)cc1. The van der Waals surface area contributed by atoms with Crippen LogP contribution in [0.25, 0.3) is 11.3 Å². The molecule has 1 N–H and O–H groups in total. The Labute approximate surface area is 152 Å². The number of carbonyl (C=O) groups excluding carboxylic acids is 2. The van der Waals surface area contributed by atoms with Crippen LogP contribution in [0.3, 0.4) is 0 Å². The first-order valence-corrected chi connectivity index (χ1v) is 9.23. The Morgan fingerprint density at radius 3 is 2.69 bits per heavy atom. The fourth-order valence-electron chi connectivity index (χ4n) is 3.31. The summed E-state index contributed by atoms with van der Waals surface area (Å²) in [6.07, 6.45) is 3.80. The van der Waals surface area contributed by atoms with E-state index in [2.05, 4.69) is 10.5 Å². The van der Waals surface area contributed by atoms with Gasteiger partial charge < -0.3 is 14.7 Å². The molecule has 1 aromatic carbocycles. The fourth-order valence-corrected chi connectivity index (χ4v) is 3.31. The number of amides is 2. The summed E-state index contributed by atoms with van der Waals surface area (Å²) in [5.74, 6) is 0.353. The second kappa shape index (κ2) is 6.94. The zero-order chi connectivity index (χ0) is 18.1. The first-order valence-electron chi connectivity index (χ1n) is 9.23. The van der Waals surface area contributed by atoms with Crippen LogP contribution >= 0.6 is 0 Å². The number of likely N-dealkylation sites (tertiary alicyclic amines) is 1. The third-order valence-corrected chi connectivity index (χ3v) is 5.07. The van der Waals surface area contributed by atoms with Gasteiger partial charge in [0.1, 0.15) is 0 Å². The highest BCUT2D eigenvalue weighted by Gasteiger charge is 2.33. The van der Waals surface area contributed by atoms with Gasteiger partial charge >= 0.3 is 0 Å². The van der Waals surface area contributed by atoms with Gasteiger partial charge in [0.05, 0.1) is 5.92 Å². The summed E-state index contributed by atoms with van der Waals surface area (Å²) in [7, 11) is 0. The van der Waals surface area contributed by atoms with Gasteiger partial charge in [-0.1, -0.05) is 35.0 Å². The normalized spacial score (nSPS) is 20.0. The molecule has 2 aromatic rings. The number of aryl methyl sites for hydroxylation is 1. The predicted octanol–water partition coefficient (Wildman–Crippen LogP) is 2.78. The first kappa shape index (κ1) is 16.8. The lowest BCUT2D eigenvalue weighted by atomic mass is 9.96. The van der Waals surface area contributed by atoms with Crippen LogP contribution in [-0.4, -0.2) is 41.0 Å². The zero-order valence-electron chi connectivity index (χ0n) is 14.9. The van der Waals surface area contributed by atoms with Crippen molar-refractivity contribution < 1.29 is 14.1 Å². The number of piperidine rings is 1. The van der Waals surface area contributed by atoms with Crippen molar-refractivity contribution in [2.75, 3.05) is 13.1 Å². The Morgan fingerprint density at radius 2 is 1.96 bits per heavy atom. The molecule has 0 radical (unpaired) electrons. The van der Waals surface area contributed by atoms with Crippen LogP contribution in [0.4, 0.5) is 0 Å². The van der Waals surface area contributed by atoms with Gasteiger partial charge in [-0.25, -0.2) is 0 Å². The van der Waals surface area contributed by atoms with Gasteiger partial charge in [-0.05, 0) is 32.6 Å². The maximum absolute atomic E-state index is 12.8. The lowest BCUT2D eigenvalue weighted by molar-refractivity contribution is -0.126. The van der Waals surface area contributed by atoms with Crippen LogP contribution in [0.2, 0.25) is 0 Å². The predicted molar refractivity (Wildman–Crippen MR) is 96.5 cm³/mol. The monoisotopic (exact) mass is 353 g/mol. The minimum absolute atomic E-state index is 0.0745. The smallest absolute Gasteiger partial charge is 0.276 e. The topological polar surface area (TPSA) is 75.4 Å². The minimum Gasteiger partial charge on any atom is -0.355 e. The average Bonchev–Trinajstić information content (AvgIpc) is 3.34. The molecular weight excluding hydrogens is 330 g/mol. The van der Waals surface area contributed by atoms with Crippen molar-refractivity contribution in [1.82, 2.24) is 15.4 Å². The van der Waals surface area contributed by atoms with Crippen molar-refractivity contribution in [2.24, 2.45) is 5.92 Å². The van der Waals surface area contributed by atoms with Crippen LogP contribution in [0.5, 0.6) is 0 Å². The molecule has 0 bridgehead atoms. The van der Waals surface area contributed by atoms with Crippen molar-refractivity contribution >= 4 is 11.8 Å². The van der Waals surface area contributed by atoms with Crippen molar-refractivity contribution in [3.8, 4) is 11.3 Å². The fraction of sp³-hybridized carbons (Fsp3) is 0.450. The second-order valence-electron chi connectivity index (χ2n) is 7.32. The van der Waals surface area contributed by atoms with E-state index < -0.39 is 0 Å². The summed E-state index contributed by atoms with van der Waals surface area (Å²) >= 11 is 0. The summed E-state index contributed by atoms with van der Waals surface area (Å²) in [6.45, 7) is 3.12. The molecule has 2 fully saturated rings. The third kappa shape index (κ3) is 3.64. The lowest BCUT2D eigenvalue weighted by Gasteiger charge is -2.31. The number of nitrogens with one attached hydrogen (secondary N) is 1. The molecule has 1 saturated heterocycles. The van der Waals surface area contributed by atoms with E-state index in [0.717, 1.165) is 36.8 Å². The highest BCUT2D eigenvalue weighted by atomic mass is 16.5. The lowest BCUT2D eigenvalue weighted by Crippen LogP contribution is -2.46. The summed E-state index contributed by atoms with van der Waals surface area (Å²) in [5, 5.41) is 6.99. The van der Waals surface area contributed by atoms with E-state index >= 15 is 0 Å². The molecule has 1 aliphatic heterocycles. The summed E-state index contributed by atoms with van der Waals surface area (Å²) < 4.78 is 5.36. The maximum atomic E-state index is 12.8. The summed E-state index contributed by atoms with van der Waals surface area (Å²) in [6, 6.07) is 9.91. The highest BCUT2D eigenvalue weighted by Crippen LogP contribution is 2.25. The number of carbonyl (C=O) groups is 2. The molecule has 6 nitrogen and oxygen atoms in total. The molecule has 6 heteroatoms. The van der Waals surface area contributed by atoms with Crippen LogP contribution in [0, 0.1) is 12.8 Å². The van der Waals surface area contributed by atoms with Crippen LogP contribution in [0.15, 0.2) is 34.9 Å². The molecule has 2 aliphatic rings. The van der Waals surface area contributed by atoms with Gasteiger partial charge in [-0.15, -0.1) is 0 Å². The Hall–Kier alpha value is -2.63. The van der Waals surface area contributed by atoms with E-state index in [1.54, 1.807) is 11.0 Å². The van der Waals surface area contributed by atoms with Gasteiger partial charge in [0.2, 0.25) is 5.91 Å². The maximum Gasteiger partial charge on any atom is 0.276 e. The molecule has 0 spiro atoms. The standard InChI is InChI=1S/C20H23N3O3/c1-13-4-6-14(7-5-13)18-11-17(22-26-18)20(25)23-10-2-3-15(12-23)19(24)21-16-8-9-16/h4-7,11,15-16H,2-3,8-10,12H2,1H3,(H,21,24)/t15-/m0/s1. The van der Waals surface area contributed by atoms with Crippen molar-refractivity contribution in [3.63, 3.8) is 0 Å². The van der Waals surface area contributed by atoms with Crippen molar-refractivity contribution in [2.45, 2.75) is 38.6 Å². The molecule has 1 saturated carbocycles. The van der Waals surface area contributed by atoms with E-state index in [0.29, 0.717) is 30.6 Å². The quantitative estimate of drug-likeness (QED) is 0.917. The van der Waals surface area contributed by atoms with Crippen molar-refractivity contribution in [1.29, 1.82) is 0 Å². The van der Waals surface area contributed by atoms with Gasteiger partial charge in [0, 0.05) is 30.8 Å². The average molecular weight is 353 g/mol. The Morgan fingerprint density at radius 1 is 1.19 bits per heavy atom. The van der Waals surface area contributed by atoms with Gasteiger partial charge in [0.25, 0.3) is 5.91 Å². The Kier molecular flexibility index (Phi) is 4.49. The van der Waals surface area contributed by atoms with Crippen LogP contribution in [0.1, 0.15) is 41.7 Å². The van der Waals surface area contributed by atoms with E-state index in [9.17, 15) is 9.59 Å².